The standard InChI is InChI=1S/C10H21N5O5S.C2H5NO/c1-4(17)7(9(18)19)13-10(20)12-2-6-14-15-8(21-6)5(11)3-16;1-2(3)4/h4-8,14-17H,2-3,11H2,1H3,(H,18,19)(H2,12,13,20);1H3,(H2,3,4). The first kappa shape index (κ1) is 23.4. The molecule has 0 bridgehead atoms. The fourth-order valence-corrected chi connectivity index (χ4v) is 2.68. The number of aliphatic carboxylic acids is 1. The van der Waals surface area contributed by atoms with Crippen molar-refractivity contribution in [1.82, 2.24) is 21.5 Å². The highest BCUT2D eigenvalue weighted by Crippen LogP contribution is 2.20. The molecular weight excluding hydrogens is 356 g/mol. The van der Waals surface area contributed by atoms with Crippen LogP contribution in [0.3, 0.4) is 0 Å². The van der Waals surface area contributed by atoms with Gasteiger partial charge in [-0.05, 0) is 6.92 Å². The van der Waals surface area contributed by atoms with Crippen LogP contribution in [0.2, 0.25) is 0 Å². The van der Waals surface area contributed by atoms with E-state index in [9.17, 15) is 19.5 Å². The topological polar surface area (TPSA) is 212 Å². The van der Waals surface area contributed by atoms with Gasteiger partial charge in [0.05, 0.1) is 29.5 Å². The summed E-state index contributed by atoms with van der Waals surface area (Å²) >= 11 is 1.40. The van der Waals surface area contributed by atoms with Crippen LogP contribution in [0.15, 0.2) is 0 Å². The van der Waals surface area contributed by atoms with E-state index in [1.165, 1.54) is 25.6 Å². The average molecular weight is 382 g/mol. The molecule has 0 aromatic heterocycles. The Balaban J connectivity index is 0.00000129. The second-order valence-corrected chi connectivity index (χ2v) is 6.55. The molecule has 0 saturated carbocycles. The van der Waals surface area contributed by atoms with Crippen LogP contribution < -0.4 is 33.0 Å². The second-order valence-electron chi connectivity index (χ2n) is 5.20. The number of carbonyl (C=O) groups excluding carboxylic acids is 2. The van der Waals surface area contributed by atoms with Crippen LogP contribution in [0.25, 0.3) is 0 Å². The minimum atomic E-state index is -1.37. The van der Waals surface area contributed by atoms with Crippen LogP contribution in [0.5, 0.6) is 0 Å². The molecule has 146 valence electrons. The molecular formula is C12H26N6O6S. The van der Waals surface area contributed by atoms with Gasteiger partial charge in [0.2, 0.25) is 5.91 Å². The Morgan fingerprint density at radius 2 is 1.88 bits per heavy atom. The molecule has 13 heteroatoms. The number of hydrazine groups is 1. The molecule has 25 heavy (non-hydrogen) atoms. The second kappa shape index (κ2) is 11.8. The van der Waals surface area contributed by atoms with Crippen molar-refractivity contribution in [3.63, 3.8) is 0 Å². The van der Waals surface area contributed by atoms with Crippen LogP contribution in [0.4, 0.5) is 4.79 Å². The van der Waals surface area contributed by atoms with Gasteiger partial charge < -0.3 is 37.4 Å². The summed E-state index contributed by atoms with van der Waals surface area (Å²) in [6.45, 7) is 2.63. The molecule has 0 aliphatic carbocycles. The Kier molecular flexibility index (Phi) is 11.1. The maximum Gasteiger partial charge on any atom is 0.328 e. The van der Waals surface area contributed by atoms with Gasteiger partial charge in [0.15, 0.2) is 6.04 Å². The summed E-state index contributed by atoms with van der Waals surface area (Å²) in [5.41, 5.74) is 15.9. The van der Waals surface area contributed by atoms with E-state index in [0.717, 1.165) is 0 Å². The van der Waals surface area contributed by atoms with Gasteiger partial charge in [0.25, 0.3) is 0 Å². The van der Waals surface area contributed by atoms with Crippen molar-refractivity contribution in [3.05, 3.63) is 0 Å². The molecule has 1 aliphatic rings. The zero-order chi connectivity index (χ0) is 19.6. The van der Waals surface area contributed by atoms with Crippen molar-refractivity contribution in [2.45, 2.75) is 42.8 Å². The molecule has 0 spiro atoms. The summed E-state index contributed by atoms with van der Waals surface area (Å²) in [6, 6.07) is -2.50. The number of rotatable bonds is 7. The Labute approximate surface area is 149 Å². The summed E-state index contributed by atoms with van der Waals surface area (Å²) in [6.07, 6.45) is -1.21. The van der Waals surface area contributed by atoms with Gasteiger partial charge in [-0.15, -0.1) is 11.8 Å². The number of nitrogens with two attached hydrogens (primary N) is 2. The molecule has 1 aliphatic heterocycles. The van der Waals surface area contributed by atoms with Gasteiger partial charge in [0.1, 0.15) is 0 Å². The van der Waals surface area contributed by atoms with Gasteiger partial charge in [0, 0.05) is 13.5 Å². The van der Waals surface area contributed by atoms with Crippen LogP contribution in [-0.2, 0) is 9.59 Å². The number of amides is 3. The van der Waals surface area contributed by atoms with E-state index in [4.69, 9.17) is 15.9 Å². The maximum absolute atomic E-state index is 11.6. The summed E-state index contributed by atoms with van der Waals surface area (Å²) in [4.78, 5) is 31.6. The van der Waals surface area contributed by atoms with Crippen molar-refractivity contribution in [3.8, 4) is 0 Å². The van der Waals surface area contributed by atoms with E-state index in [1.807, 2.05) is 0 Å². The molecule has 12 nitrogen and oxygen atoms in total. The van der Waals surface area contributed by atoms with E-state index in [1.54, 1.807) is 0 Å². The van der Waals surface area contributed by atoms with Crippen LogP contribution >= 0.6 is 11.8 Å². The number of hydrogen-bond donors (Lipinski definition) is 9. The predicted octanol–water partition coefficient (Wildman–Crippen LogP) is -3.58. The van der Waals surface area contributed by atoms with E-state index in [2.05, 4.69) is 27.2 Å². The number of thioether (sulfide) groups is 1. The molecule has 3 amide bonds. The third kappa shape index (κ3) is 10.1. The lowest BCUT2D eigenvalue weighted by molar-refractivity contribution is -0.141. The van der Waals surface area contributed by atoms with E-state index >= 15 is 0 Å². The van der Waals surface area contributed by atoms with Gasteiger partial charge >= 0.3 is 12.0 Å². The van der Waals surface area contributed by atoms with Crippen molar-refractivity contribution in [2.24, 2.45) is 11.5 Å². The molecule has 1 fully saturated rings. The first-order chi connectivity index (χ1) is 11.6. The number of nitrogens with one attached hydrogen (secondary N) is 4. The lowest BCUT2D eigenvalue weighted by Gasteiger charge is -2.18. The summed E-state index contributed by atoms with van der Waals surface area (Å²) in [7, 11) is 0. The first-order valence-electron chi connectivity index (χ1n) is 7.32. The SMILES string of the molecule is CC(N)=O.CC(O)C(NC(=O)NCC1NNC(C(N)CO)S1)C(=O)O. The number of primary amides is 1. The molecule has 1 saturated heterocycles. The molecule has 0 aromatic rings. The number of carbonyl (C=O) groups is 3. The van der Waals surface area contributed by atoms with Crippen molar-refractivity contribution < 1.29 is 29.7 Å². The normalized spacial score (nSPS) is 22.8. The molecule has 0 radical (unpaired) electrons. The summed E-state index contributed by atoms with van der Waals surface area (Å²) in [5, 5.41) is 31.3. The summed E-state index contributed by atoms with van der Waals surface area (Å²) in [5.74, 6) is -1.65. The van der Waals surface area contributed by atoms with Crippen LogP contribution in [-0.4, -0.2) is 75.3 Å². The Bertz CT molecular complexity index is 450. The van der Waals surface area contributed by atoms with Gasteiger partial charge in [-0.1, -0.05) is 0 Å². The third-order valence-corrected chi connectivity index (χ3v) is 4.15. The van der Waals surface area contributed by atoms with Crippen molar-refractivity contribution >= 4 is 29.7 Å². The number of hydrogen-bond acceptors (Lipinski definition) is 9. The van der Waals surface area contributed by atoms with Gasteiger partial charge in [-0.25, -0.2) is 20.4 Å². The molecule has 5 atom stereocenters. The van der Waals surface area contributed by atoms with E-state index < -0.39 is 30.2 Å². The van der Waals surface area contributed by atoms with Crippen LogP contribution in [0.1, 0.15) is 13.8 Å². The van der Waals surface area contributed by atoms with Crippen LogP contribution in [0, 0.1) is 0 Å². The van der Waals surface area contributed by atoms with E-state index in [-0.39, 0.29) is 29.8 Å². The summed E-state index contributed by atoms with van der Waals surface area (Å²) < 4.78 is 0. The molecule has 0 aromatic carbocycles. The number of carboxylic acid groups (broad SMARTS) is 1. The number of carboxylic acids is 1. The smallest absolute Gasteiger partial charge is 0.328 e. The lowest BCUT2D eigenvalue weighted by Crippen LogP contribution is -2.52. The monoisotopic (exact) mass is 382 g/mol. The Morgan fingerprint density at radius 1 is 1.32 bits per heavy atom. The van der Waals surface area contributed by atoms with Gasteiger partial charge in [-0.3, -0.25) is 4.79 Å². The zero-order valence-corrected chi connectivity index (χ0v) is 14.7. The highest BCUT2D eigenvalue weighted by Gasteiger charge is 2.29. The predicted molar refractivity (Wildman–Crippen MR) is 91.0 cm³/mol. The fraction of sp³-hybridized carbons (Fsp3) is 0.750. The Hall–Kier alpha value is -1.64. The third-order valence-electron chi connectivity index (χ3n) is 2.78. The Morgan fingerprint density at radius 3 is 2.32 bits per heavy atom. The fourth-order valence-electron chi connectivity index (χ4n) is 1.59. The number of urea groups is 1. The molecule has 1 rings (SSSR count). The number of aliphatic hydroxyl groups is 2. The van der Waals surface area contributed by atoms with Gasteiger partial charge in [-0.2, -0.15) is 0 Å². The largest absolute Gasteiger partial charge is 0.480 e. The quantitative estimate of drug-likeness (QED) is 0.211. The average Bonchev–Trinajstić information content (AvgIpc) is 2.97. The first-order valence-corrected chi connectivity index (χ1v) is 8.27. The highest BCUT2D eigenvalue weighted by atomic mass is 32.2. The molecule has 5 unspecified atom stereocenters. The number of aliphatic hydroxyl groups excluding tert-OH is 2. The van der Waals surface area contributed by atoms with Crippen molar-refractivity contribution in [2.75, 3.05) is 13.2 Å². The zero-order valence-electron chi connectivity index (χ0n) is 13.9. The molecule has 11 N–H and O–H groups in total. The highest BCUT2D eigenvalue weighted by molar-refractivity contribution is 8.00. The minimum Gasteiger partial charge on any atom is -0.480 e. The maximum atomic E-state index is 11.6. The molecule has 1 heterocycles. The van der Waals surface area contributed by atoms with Crippen molar-refractivity contribution in [1.29, 1.82) is 0 Å². The lowest BCUT2D eigenvalue weighted by atomic mass is 10.2. The minimum absolute atomic E-state index is 0.165. The van der Waals surface area contributed by atoms with E-state index in [0.29, 0.717) is 0 Å².